The van der Waals surface area contributed by atoms with Gasteiger partial charge in [0.1, 0.15) is 18.3 Å². The lowest BCUT2D eigenvalue weighted by molar-refractivity contribution is -0.139. The molecule has 1 N–H and O–H groups in total. The number of carbonyl (C=O) groups excluding carboxylic acids is 2. The van der Waals surface area contributed by atoms with Gasteiger partial charge < -0.3 is 15.0 Å². The number of ether oxygens (including phenoxy) is 1. The van der Waals surface area contributed by atoms with Crippen molar-refractivity contribution in [3.05, 3.63) is 88.4 Å². The molecule has 0 aliphatic rings. The fourth-order valence-electron chi connectivity index (χ4n) is 3.86. The number of rotatable bonds is 12. The van der Waals surface area contributed by atoms with Gasteiger partial charge in [-0.25, -0.2) is 8.42 Å². The summed E-state index contributed by atoms with van der Waals surface area (Å²) < 4.78 is 33.8. The summed E-state index contributed by atoms with van der Waals surface area (Å²) >= 11 is 12.3. The Morgan fingerprint density at radius 2 is 1.60 bits per heavy atom. The van der Waals surface area contributed by atoms with Crippen molar-refractivity contribution in [3.8, 4) is 5.75 Å². The lowest BCUT2D eigenvalue weighted by Crippen LogP contribution is -2.52. The monoisotopic (exact) mass is 605 g/mol. The molecule has 3 aromatic carbocycles. The summed E-state index contributed by atoms with van der Waals surface area (Å²) in [4.78, 5) is 28.4. The van der Waals surface area contributed by atoms with Gasteiger partial charge >= 0.3 is 0 Å². The van der Waals surface area contributed by atoms with E-state index in [0.29, 0.717) is 12.2 Å². The molecule has 0 fully saturated rings. The van der Waals surface area contributed by atoms with Gasteiger partial charge in [0.2, 0.25) is 11.8 Å². The van der Waals surface area contributed by atoms with Crippen LogP contribution in [0.4, 0.5) is 5.69 Å². The van der Waals surface area contributed by atoms with Crippen LogP contribution in [0.5, 0.6) is 5.75 Å². The van der Waals surface area contributed by atoms with Gasteiger partial charge in [-0.1, -0.05) is 60.5 Å². The molecule has 0 unspecified atom stereocenters. The van der Waals surface area contributed by atoms with E-state index in [1.807, 2.05) is 13.8 Å². The van der Waals surface area contributed by atoms with Crippen molar-refractivity contribution in [3.63, 3.8) is 0 Å². The Labute approximate surface area is 245 Å². The SMILES string of the molecule is CC[C@@H](C)NC(=O)[C@@H](C)N(Cc1ccc(OC)cc1)C(=O)CN(c1ccc(Cl)c(Cl)c1)S(=O)(=O)c1ccccc1. The van der Waals surface area contributed by atoms with Crippen LogP contribution in [0.3, 0.4) is 0 Å². The van der Waals surface area contributed by atoms with Crippen LogP contribution in [-0.2, 0) is 26.2 Å². The van der Waals surface area contributed by atoms with E-state index in [1.54, 1.807) is 56.5 Å². The number of hydrogen-bond acceptors (Lipinski definition) is 5. The van der Waals surface area contributed by atoms with Crippen LogP contribution in [0.1, 0.15) is 32.8 Å². The van der Waals surface area contributed by atoms with E-state index >= 15 is 0 Å². The van der Waals surface area contributed by atoms with Crippen LogP contribution >= 0.6 is 23.2 Å². The summed E-state index contributed by atoms with van der Waals surface area (Å²) in [5.74, 6) is -0.277. The van der Waals surface area contributed by atoms with Crippen LogP contribution in [-0.4, -0.2) is 50.9 Å². The van der Waals surface area contributed by atoms with Crippen LogP contribution in [0, 0.1) is 0 Å². The molecular weight excluding hydrogens is 573 g/mol. The molecular formula is C29H33Cl2N3O5S. The zero-order valence-electron chi connectivity index (χ0n) is 22.8. The number of benzene rings is 3. The van der Waals surface area contributed by atoms with Gasteiger partial charge in [0, 0.05) is 12.6 Å². The van der Waals surface area contributed by atoms with E-state index in [4.69, 9.17) is 27.9 Å². The second-order valence-electron chi connectivity index (χ2n) is 9.29. The summed E-state index contributed by atoms with van der Waals surface area (Å²) in [5, 5.41) is 3.28. The first-order valence-electron chi connectivity index (χ1n) is 12.7. The highest BCUT2D eigenvalue weighted by molar-refractivity contribution is 7.92. The van der Waals surface area contributed by atoms with Crippen LogP contribution in [0.2, 0.25) is 10.0 Å². The van der Waals surface area contributed by atoms with Gasteiger partial charge in [-0.2, -0.15) is 0 Å². The Hall–Kier alpha value is -3.27. The molecule has 40 heavy (non-hydrogen) atoms. The minimum Gasteiger partial charge on any atom is -0.497 e. The van der Waals surface area contributed by atoms with Crippen molar-refractivity contribution < 1.29 is 22.7 Å². The van der Waals surface area contributed by atoms with Crippen LogP contribution in [0.15, 0.2) is 77.7 Å². The maximum absolute atomic E-state index is 13.9. The second kappa shape index (κ2) is 13.9. The number of carbonyl (C=O) groups is 2. The third-order valence-electron chi connectivity index (χ3n) is 6.48. The molecule has 214 valence electrons. The third kappa shape index (κ3) is 7.68. The zero-order valence-corrected chi connectivity index (χ0v) is 25.1. The number of nitrogens with zero attached hydrogens (tertiary/aromatic N) is 2. The molecule has 0 aromatic heterocycles. The van der Waals surface area contributed by atoms with Crippen molar-refractivity contribution in [2.24, 2.45) is 0 Å². The Kier molecular flexibility index (Phi) is 10.8. The van der Waals surface area contributed by atoms with Gasteiger partial charge in [-0.05, 0) is 68.3 Å². The average Bonchev–Trinajstić information content (AvgIpc) is 2.96. The number of anilines is 1. The van der Waals surface area contributed by atoms with Gasteiger partial charge in [-0.15, -0.1) is 0 Å². The average molecular weight is 607 g/mol. The normalized spacial score (nSPS) is 12.8. The molecule has 3 rings (SSSR count). The first-order chi connectivity index (χ1) is 19.0. The summed E-state index contributed by atoms with van der Waals surface area (Å²) in [6.45, 7) is 4.93. The molecule has 0 saturated heterocycles. The second-order valence-corrected chi connectivity index (χ2v) is 12.0. The molecule has 3 aromatic rings. The van der Waals surface area contributed by atoms with E-state index in [2.05, 4.69) is 5.32 Å². The number of methoxy groups -OCH3 is 1. The maximum Gasteiger partial charge on any atom is 0.264 e. The molecule has 11 heteroatoms. The molecule has 0 spiro atoms. The fourth-order valence-corrected chi connectivity index (χ4v) is 5.58. The number of hydrogen-bond donors (Lipinski definition) is 1. The molecule has 2 amide bonds. The first kappa shape index (κ1) is 31.3. The van der Waals surface area contributed by atoms with Gasteiger partial charge in [0.05, 0.1) is 27.7 Å². The molecule has 0 aliphatic heterocycles. The van der Waals surface area contributed by atoms with Crippen LogP contribution in [0.25, 0.3) is 0 Å². The van der Waals surface area contributed by atoms with Crippen molar-refractivity contribution >= 4 is 50.7 Å². The molecule has 0 radical (unpaired) electrons. The molecule has 0 aliphatic carbocycles. The summed E-state index contributed by atoms with van der Waals surface area (Å²) in [7, 11) is -2.64. The molecule has 8 nitrogen and oxygen atoms in total. The Morgan fingerprint density at radius 3 is 2.17 bits per heavy atom. The van der Waals surface area contributed by atoms with Gasteiger partial charge in [0.25, 0.3) is 10.0 Å². The molecule has 0 bridgehead atoms. The first-order valence-corrected chi connectivity index (χ1v) is 14.9. The highest BCUT2D eigenvalue weighted by atomic mass is 35.5. The molecule has 0 heterocycles. The van der Waals surface area contributed by atoms with Crippen LogP contribution < -0.4 is 14.4 Å². The van der Waals surface area contributed by atoms with Crippen molar-refractivity contribution in [2.75, 3.05) is 18.0 Å². The topological polar surface area (TPSA) is 96.0 Å². The third-order valence-corrected chi connectivity index (χ3v) is 9.01. The largest absolute Gasteiger partial charge is 0.497 e. The Bertz CT molecular complexity index is 1420. The summed E-state index contributed by atoms with van der Waals surface area (Å²) in [6.07, 6.45) is 0.714. The van der Waals surface area contributed by atoms with Gasteiger partial charge in [-0.3, -0.25) is 13.9 Å². The van der Waals surface area contributed by atoms with Crippen molar-refractivity contribution in [1.29, 1.82) is 0 Å². The lowest BCUT2D eigenvalue weighted by Gasteiger charge is -2.32. The Balaban J connectivity index is 2.03. The smallest absolute Gasteiger partial charge is 0.264 e. The van der Waals surface area contributed by atoms with Gasteiger partial charge in [0.15, 0.2) is 0 Å². The maximum atomic E-state index is 13.9. The number of nitrogens with one attached hydrogen (secondary N) is 1. The van der Waals surface area contributed by atoms with E-state index in [9.17, 15) is 18.0 Å². The van der Waals surface area contributed by atoms with E-state index in [1.165, 1.54) is 35.2 Å². The summed E-state index contributed by atoms with van der Waals surface area (Å²) in [5.41, 5.74) is 0.900. The number of amides is 2. The quantitative estimate of drug-likeness (QED) is 0.293. The highest BCUT2D eigenvalue weighted by Crippen LogP contribution is 2.31. The minimum absolute atomic E-state index is 0.00172. The lowest BCUT2D eigenvalue weighted by atomic mass is 10.1. The standard InChI is InChI=1S/C29H33Cl2N3O5S/c1-5-20(2)32-29(36)21(3)33(18-22-11-14-24(39-4)15-12-22)28(35)19-34(23-13-16-26(30)27(31)17-23)40(37,38)25-9-7-6-8-10-25/h6-17,20-21H,5,18-19H2,1-4H3,(H,32,36)/t20-,21-/m1/s1. The highest BCUT2D eigenvalue weighted by Gasteiger charge is 2.33. The summed E-state index contributed by atoms with van der Waals surface area (Å²) in [6, 6.07) is 18.2. The number of sulfonamides is 1. The van der Waals surface area contributed by atoms with Crippen molar-refractivity contribution in [1.82, 2.24) is 10.2 Å². The molecule has 0 saturated carbocycles. The van der Waals surface area contributed by atoms with E-state index in [0.717, 1.165) is 9.87 Å². The minimum atomic E-state index is -4.20. The van der Waals surface area contributed by atoms with E-state index < -0.39 is 28.5 Å². The predicted molar refractivity (Wildman–Crippen MR) is 158 cm³/mol. The zero-order chi connectivity index (χ0) is 29.4. The fraction of sp³-hybridized carbons (Fsp3) is 0.310. The Morgan fingerprint density at radius 1 is 0.950 bits per heavy atom. The predicted octanol–water partition coefficient (Wildman–Crippen LogP) is 5.53. The molecule has 2 atom stereocenters. The van der Waals surface area contributed by atoms with E-state index in [-0.39, 0.29) is 39.1 Å². The number of halogens is 2. The van der Waals surface area contributed by atoms with Crippen molar-refractivity contribution in [2.45, 2.75) is 50.7 Å².